The van der Waals surface area contributed by atoms with E-state index in [-0.39, 0.29) is 12.3 Å². The number of hydrogen-bond acceptors (Lipinski definition) is 4. The second kappa shape index (κ2) is 5.81. The maximum absolute atomic E-state index is 11.8. The second-order valence-electron chi connectivity index (χ2n) is 5.36. The van der Waals surface area contributed by atoms with Gasteiger partial charge in [0.1, 0.15) is 0 Å². The largest absolute Gasteiger partial charge is 0.391 e. The van der Waals surface area contributed by atoms with Gasteiger partial charge in [0.15, 0.2) is 0 Å². The van der Waals surface area contributed by atoms with Crippen molar-refractivity contribution in [3.05, 3.63) is 29.8 Å². The quantitative estimate of drug-likeness (QED) is 0.879. The van der Waals surface area contributed by atoms with Gasteiger partial charge in [0.05, 0.1) is 25.7 Å². The third-order valence-corrected chi connectivity index (χ3v) is 3.90. The van der Waals surface area contributed by atoms with Crippen molar-refractivity contribution in [3.8, 4) is 0 Å². The molecule has 0 saturated carbocycles. The molecule has 3 rings (SSSR count). The van der Waals surface area contributed by atoms with E-state index < -0.39 is 6.10 Å². The van der Waals surface area contributed by atoms with Gasteiger partial charge in [-0.3, -0.25) is 4.79 Å². The van der Waals surface area contributed by atoms with Crippen LogP contribution in [0.3, 0.4) is 0 Å². The summed E-state index contributed by atoms with van der Waals surface area (Å²) in [7, 11) is 0. The van der Waals surface area contributed by atoms with Crippen molar-refractivity contribution >= 4 is 11.6 Å². The SMILES string of the molecule is O=C1CC(O)CN1Cc1ccccc1N1CCOCC1. The van der Waals surface area contributed by atoms with Gasteiger partial charge in [-0.1, -0.05) is 18.2 Å². The van der Waals surface area contributed by atoms with Gasteiger partial charge in [-0.05, 0) is 11.6 Å². The minimum Gasteiger partial charge on any atom is -0.391 e. The van der Waals surface area contributed by atoms with E-state index in [0.717, 1.165) is 31.9 Å². The maximum atomic E-state index is 11.8. The zero-order valence-electron chi connectivity index (χ0n) is 11.5. The molecule has 1 aromatic rings. The van der Waals surface area contributed by atoms with Gasteiger partial charge in [0.2, 0.25) is 5.91 Å². The van der Waals surface area contributed by atoms with E-state index >= 15 is 0 Å². The number of carbonyl (C=O) groups excluding carboxylic acids is 1. The molecule has 0 spiro atoms. The van der Waals surface area contributed by atoms with Crippen LogP contribution in [0, 0.1) is 0 Å². The number of rotatable bonds is 3. The van der Waals surface area contributed by atoms with Crippen LogP contribution in [0.25, 0.3) is 0 Å². The van der Waals surface area contributed by atoms with Gasteiger partial charge in [-0.15, -0.1) is 0 Å². The van der Waals surface area contributed by atoms with Crippen LogP contribution in [0.2, 0.25) is 0 Å². The van der Waals surface area contributed by atoms with Gasteiger partial charge in [0, 0.05) is 31.9 Å². The summed E-state index contributed by atoms with van der Waals surface area (Å²) in [6.07, 6.45) is -0.266. The lowest BCUT2D eigenvalue weighted by Gasteiger charge is -2.31. The lowest BCUT2D eigenvalue weighted by molar-refractivity contribution is -0.128. The Bertz CT molecular complexity index is 486. The molecule has 5 heteroatoms. The Morgan fingerprint density at radius 3 is 2.70 bits per heavy atom. The molecule has 5 nitrogen and oxygen atoms in total. The molecule has 0 aliphatic carbocycles. The highest BCUT2D eigenvalue weighted by Crippen LogP contribution is 2.24. The molecular weight excluding hydrogens is 256 g/mol. The molecule has 2 heterocycles. The number of aliphatic hydroxyl groups excluding tert-OH is 1. The number of ether oxygens (including phenoxy) is 1. The predicted octanol–water partition coefficient (Wildman–Crippen LogP) is 0.616. The zero-order valence-corrected chi connectivity index (χ0v) is 11.5. The molecule has 2 aliphatic heterocycles. The molecule has 108 valence electrons. The van der Waals surface area contributed by atoms with Crippen LogP contribution in [0.5, 0.6) is 0 Å². The van der Waals surface area contributed by atoms with Crippen LogP contribution in [-0.2, 0) is 16.1 Å². The average Bonchev–Trinajstić information content (AvgIpc) is 2.78. The second-order valence-corrected chi connectivity index (χ2v) is 5.36. The number of para-hydroxylation sites is 1. The summed E-state index contributed by atoms with van der Waals surface area (Å²) in [5, 5.41) is 9.58. The maximum Gasteiger partial charge on any atom is 0.225 e. The molecule has 20 heavy (non-hydrogen) atoms. The van der Waals surface area contributed by atoms with Crippen molar-refractivity contribution in [1.82, 2.24) is 4.90 Å². The van der Waals surface area contributed by atoms with Gasteiger partial charge in [0.25, 0.3) is 0 Å². The van der Waals surface area contributed by atoms with Crippen LogP contribution in [0.1, 0.15) is 12.0 Å². The number of β-amino-alcohol motifs (C(OH)–C–C–N with tert-alkyl or cyclic N) is 1. The Labute approximate surface area is 118 Å². The molecular formula is C15H20N2O3. The van der Waals surface area contributed by atoms with Gasteiger partial charge in [-0.25, -0.2) is 0 Å². The van der Waals surface area contributed by atoms with Crippen molar-refractivity contribution in [2.45, 2.75) is 19.1 Å². The Balaban J connectivity index is 1.77. The molecule has 2 fully saturated rings. The molecule has 0 radical (unpaired) electrons. The molecule has 1 N–H and O–H groups in total. The first-order valence-corrected chi connectivity index (χ1v) is 7.10. The summed E-state index contributed by atoms with van der Waals surface area (Å²) in [6, 6.07) is 8.17. The Hall–Kier alpha value is -1.59. The number of carbonyl (C=O) groups is 1. The number of likely N-dealkylation sites (tertiary alicyclic amines) is 1. The number of morpholine rings is 1. The number of hydrogen-bond donors (Lipinski definition) is 1. The summed E-state index contributed by atoms with van der Waals surface area (Å²) in [5.74, 6) is 0.0364. The summed E-state index contributed by atoms with van der Waals surface area (Å²) in [6.45, 7) is 4.27. The van der Waals surface area contributed by atoms with Crippen LogP contribution < -0.4 is 4.90 Å². The van der Waals surface area contributed by atoms with Crippen LogP contribution in [0.4, 0.5) is 5.69 Å². The van der Waals surface area contributed by atoms with Crippen LogP contribution in [-0.4, -0.2) is 54.9 Å². The Morgan fingerprint density at radius 1 is 1.25 bits per heavy atom. The highest BCUT2D eigenvalue weighted by Gasteiger charge is 2.28. The molecule has 1 amide bonds. The summed E-state index contributed by atoms with van der Waals surface area (Å²) in [4.78, 5) is 15.9. The Morgan fingerprint density at radius 2 is 2.00 bits per heavy atom. The molecule has 1 aromatic carbocycles. The number of amides is 1. The molecule has 0 aromatic heterocycles. The van der Waals surface area contributed by atoms with Crippen molar-refractivity contribution in [1.29, 1.82) is 0 Å². The van der Waals surface area contributed by atoms with Crippen LogP contribution >= 0.6 is 0 Å². The van der Waals surface area contributed by atoms with Crippen molar-refractivity contribution in [3.63, 3.8) is 0 Å². The zero-order chi connectivity index (χ0) is 13.9. The first kappa shape index (κ1) is 13.4. The third kappa shape index (κ3) is 2.78. The number of aliphatic hydroxyl groups is 1. The summed E-state index contributed by atoms with van der Waals surface area (Å²) in [5.41, 5.74) is 2.31. The smallest absolute Gasteiger partial charge is 0.225 e. The molecule has 1 atom stereocenters. The third-order valence-electron chi connectivity index (χ3n) is 3.90. The van der Waals surface area contributed by atoms with Gasteiger partial charge < -0.3 is 19.6 Å². The first-order valence-electron chi connectivity index (χ1n) is 7.10. The highest BCUT2D eigenvalue weighted by atomic mass is 16.5. The standard InChI is InChI=1S/C15H20N2O3/c18-13-9-15(19)17(11-13)10-12-3-1-2-4-14(12)16-5-7-20-8-6-16/h1-4,13,18H,5-11H2. The normalized spacial score (nSPS) is 23.4. The van der Waals surface area contributed by atoms with E-state index in [1.165, 1.54) is 5.69 Å². The molecule has 0 bridgehead atoms. The molecule has 2 saturated heterocycles. The average molecular weight is 276 g/mol. The minimum absolute atomic E-state index is 0.0364. The molecule has 1 unspecified atom stereocenters. The van der Waals surface area contributed by atoms with E-state index in [4.69, 9.17) is 4.74 Å². The fourth-order valence-corrected chi connectivity index (χ4v) is 2.87. The summed E-state index contributed by atoms with van der Waals surface area (Å²) < 4.78 is 5.39. The number of nitrogens with zero attached hydrogens (tertiary/aromatic N) is 2. The topological polar surface area (TPSA) is 53.0 Å². The van der Waals surface area contributed by atoms with E-state index in [2.05, 4.69) is 17.0 Å². The fraction of sp³-hybridized carbons (Fsp3) is 0.533. The van der Waals surface area contributed by atoms with Gasteiger partial charge in [-0.2, -0.15) is 0 Å². The van der Waals surface area contributed by atoms with E-state index in [9.17, 15) is 9.90 Å². The first-order chi connectivity index (χ1) is 9.74. The fourth-order valence-electron chi connectivity index (χ4n) is 2.87. The molecule has 2 aliphatic rings. The van der Waals surface area contributed by atoms with E-state index in [1.807, 2.05) is 12.1 Å². The number of anilines is 1. The Kier molecular flexibility index (Phi) is 3.89. The van der Waals surface area contributed by atoms with E-state index in [0.29, 0.717) is 13.1 Å². The highest BCUT2D eigenvalue weighted by molar-refractivity contribution is 5.79. The van der Waals surface area contributed by atoms with E-state index in [1.54, 1.807) is 4.90 Å². The lowest BCUT2D eigenvalue weighted by Crippen LogP contribution is -2.37. The van der Waals surface area contributed by atoms with Gasteiger partial charge >= 0.3 is 0 Å². The van der Waals surface area contributed by atoms with Crippen molar-refractivity contribution < 1.29 is 14.6 Å². The number of benzene rings is 1. The summed E-state index contributed by atoms with van der Waals surface area (Å²) >= 11 is 0. The van der Waals surface area contributed by atoms with Crippen LogP contribution in [0.15, 0.2) is 24.3 Å². The van der Waals surface area contributed by atoms with Crippen molar-refractivity contribution in [2.75, 3.05) is 37.7 Å². The minimum atomic E-state index is -0.516. The lowest BCUT2D eigenvalue weighted by atomic mass is 10.1. The van der Waals surface area contributed by atoms with Crippen molar-refractivity contribution in [2.24, 2.45) is 0 Å². The predicted molar refractivity (Wildman–Crippen MR) is 75.5 cm³/mol. The monoisotopic (exact) mass is 276 g/mol.